The van der Waals surface area contributed by atoms with Crippen molar-refractivity contribution >= 4 is 45.4 Å². The van der Waals surface area contributed by atoms with E-state index in [9.17, 15) is 9.90 Å². The Kier molecular flexibility index (Phi) is 10.4. The van der Waals surface area contributed by atoms with Crippen LogP contribution in [0, 0.1) is 33.6 Å². The van der Waals surface area contributed by atoms with E-state index in [1.165, 1.54) is 0 Å². The van der Waals surface area contributed by atoms with Crippen LogP contribution in [0.2, 0.25) is 0 Å². The SMILES string of the molecule is COc1ccccc1N1CCN(c2cnc3ccc(-c4cc(C)c(OC(=O)C5CCCN(c6cnc7ccc(-c8cc(C)c(O)c(C)c8)cc7n6)C5)c(C)c4)cc3n2)CC1. The highest BCUT2D eigenvalue weighted by Crippen LogP contribution is 2.35. The number of benzene rings is 5. The average molecular weight is 800 g/mol. The number of fused-ring (bicyclic) bond motifs is 2. The fourth-order valence-electron chi connectivity index (χ4n) is 8.70. The van der Waals surface area contributed by atoms with Crippen LogP contribution in [-0.4, -0.2) is 77.4 Å². The number of rotatable bonds is 8. The summed E-state index contributed by atoms with van der Waals surface area (Å²) in [6.07, 6.45) is 5.25. The smallest absolute Gasteiger partial charge is 0.316 e. The molecule has 1 atom stereocenters. The summed E-state index contributed by atoms with van der Waals surface area (Å²) < 4.78 is 11.8. The summed E-state index contributed by atoms with van der Waals surface area (Å²) in [6, 6.07) is 28.5. The van der Waals surface area contributed by atoms with Crippen LogP contribution in [0.1, 0.15) is 35.1 Å². The number of ether oxygens (including phenoxy) is 2. The number of aryl methyl sites for hydroxylation is 4. The summed E-state index contributed by atoms with van der Waals surface area (Å²) in [5, 5.41) is 10.3. The van der Waals surface area contributed by atoms with E-state index in [-0.39, 0.29) is 11.9 Å². The number of aromatic hydroxyl groups is 1. The first-order valence-electron chi connectivity index (χ1n) is 20.7. The standard InChI is InChI=1S/C49H49N7O4/c1-30-21-37(22-31(2)47(30)57)34-12-14-40-42(25-34)53-46(28-51-40)56-16-8-9-36(29-56)49(58)60-48-32(3)23-38(24-33(48)4)35-13-15-39-41(26-35)52-45(27-50-39)55-19-17-54(18-20-55)43-10-6-7-11-44(43)59-5/h6-7,10-15,21-28,36,57H,8-9,16-20,29H2,1-5H3. The van der Waals surface area contributed by atoms with Gasteiger partial charge in [0.25, 0.3) is 0 Å². The largest absolute Gasteiger partial charge is 0.507 e. The van der Waals surface area contributed by atoms with Crippen LogP contribution in [0.5, 0.6) is 17.2 Å². The van der Waals surface area contributed by atoms with E-state index in [4.69, 9.17) is 29.4 Å². The number of anilines is 3. The molecule has 0 spiro atoms. The minimum Gasteiger partial charge on any atom is -0.507 e. The van der Waals surface area contributed by atoms with Gasteiger partial charge in [-0.05, 0) is 146 Å². The van der Waals surface area contributed by atoms with Gasteiger partial charge in [-0.2, -0.15) is 0 Å². The fraction of sp³-hybridized carbons (Fsp3) is 0.286. The first-order valence-corrected chi connectivity index (χ1v) is 20.7. The molecule has 0 amide bonds. The van der Waals surface area contributed by atoms with Crippen molar-refractivity contribution in [3.05, 3.63) is 120 Å². The van der Waals surface area contributed by atoms with E-state index < -0.39 is 0 Å². The zero-order valence-electron chi connectivity index (χ0n) is 34.8. The first-order chi connectivity index (χ1) is 29.1. The lowest BCUT2D eigenvalue weighted by molar-refractivity contribution is -0.139. The molecule has 304 valence electrons. The van der Waals surface area contributed by atoms with Gasteiger partial charge < -0.3 is 29.3 Å². The fourth-order valence-corrected chi connectivity index (χ4v) is 8.70. The van der Waals surface area contributed by atoms with Crippen LogP contribution in [0.25, 0.3) is 44.3 Å². The molecule has 11 heteroatoms. The molecule has 2 fully saturated rings. The van der Waals surface area contributed by atoms with E-state index in [0.717, 1.165) is 135 Å². The molecule has 2 saturated heterocycles. The number of piperidine rings is 1. The van der Waals surface area contributed by atoms with Crippen molar-refractivity contribution in [2.24, 2.45) is 5.92 Å². The molecular weight excluding hydrogens is 751 g/mol. The lowest BCUT2D eigenvalue weighted by atomic mass is 9.97. The topological polar surface area (TPSA) is 117 Å². The molecule has 2 aliphatic heterocycles. The van der Waals surface area contributed by atoms with Crippen molar-refractivity contribution < 1.29 is 19.4 Å². The van der Waals surface area contributed by atoms with Crippen molar-refractivity contribution in [3.8, 4) is 39.5 Å². The Morgan fingerprint density at radius 3 is 1.78 bits per heavy atom. The lowest BCUT2D eigenvalue weighted by Gasteiger charge is -2.37. The summed E-state index contributed by atoms with van der Waals surface area (Å²) in [6.45, 7) is 12.5. The molecule has 7 aromatic rings. The molecule has 5 aromatic carbocycles. The Morgan fingerprint density at radius 1 is 0.633 bits per heavy atom. The number of nitrogens with zero attached hydrogens (tertiary/aromatic N) is 7. The Hall–Kier alpha value is -6.75. The van der Waals surface area contributed by atoms with E-state index in [1.807, 2.05) is 88.5 Å². The van der Waals surface area contributed by atoms with Gasteiger partial charge >= 0.3 is 5.97 Å². The van der Waals surface area contributed by atoms with Crippen LogP contribution in [0.4, 0.5) is 17.3 Å². The van der Waals surface area contributed by atoms with Gasteiger partial charge in [0.2, 0.25) is 0 Å². The average Bonchev–Trinajstić information content (AvgIpc) is 3.28. The minimum atomic E-state index is -0.304. The van der Waals surface area contributed by atoms with Crippen LogP contribution in [0.3, 0.4) is 0 Å². The molecule has 2 aliphatic rings. The molecule has 1 unspecified atom stereocenters. The zero-order chi connectivity index (χ0) is 41.5. The lowest BCUT2D eigenvalue weighted by Crippen LogP contribution is -2.47. The van der Waals surface area contributed by atoms with E-state index in [1.54, 1.807) is 13.3 Å². The molecule has 0 saturated carbocycles. The number of hydrogen-bond acceptors (Lipinski definition) is 11. The maximum absolute atomic E-state index is 13.8. The molecule has 9 rings (SSSR count). The molecule has 11 nitrogen and oxygen atoms in total. The third kappa shape index (κ3) is 7.63. The monoisotopic (exact) mass is 799 g/mol. The Labute approximate surface area is 350 Å². The van der Waals surface area contributed by atoms with Crippen molar-refractivity contribution in [2.45, 2.75) is 40.5 Å². The van der Waals surface area contributed by atoms with Crippen molar-refractivity contribution in [1.29, 1.82) is 0 Å². The summed E-state index contributed by atoms with van der Waals surface area (Å²) >= 11 is 0. The van der Waals surface area contributed by atoms with Gasteiger partial charge in [0, 0.05) is 39.3 Å². The second kappa shape index (κ2) is 16.1. The minimum absolute atomic E-state index is 0.231. The number of para-hydroxylation sites is 2. The molecular formula is C49H49N7O4. The van der Waals surface area contributed by atoms with Gasteiger partial charge in [0.1, 0.15) is 28.9 Å². The maximum Gasteiger partial charge on any atom is 0.316 e. The van der Waals surface area contributed by atoms with Gasteiger partial charge in [-0.1, -0.05) is 24.3 Å². The highest BCUT2D eigenvalue weighted by molar-refractivity contribution is 5.85. The number of carbonyl (C=O) groups excluding carboxylic acids is 1. The predicted octanol–water partition coefficient (Wildman–Crippen LogP) is 9.00. The van der Waals surface area contributed by atoms with Crippen LogP contribution < -0.4 is 24.2 Å². The zero-order valence-corrected chi connectivity index (χ0v) is 34.8. The highest BCUT2D eigenvalue weighted by Gasteiger charge is 2.29. The summed E-state index contributed by atoms with van der Waals surface area (Å²) in [7, 11) is 1.72. The van der Waals surface area contributed by atoms with Crippen molar-refractivity contribution in [3.63, 3.8) is 0 Å². The molecule has 0 bridgehead atoms. The van der Waals surface area contributed by atoms with Gasteiger partial charge in [-0.3, -0.25) is 14.8 Å². The van der Waals surface area contributed by atoms with Gasteiger partial charge in [-0.25, -0.2) is 9.97 Å². The second-order valence-corrected chi connectivity index (χ2v) is 16.1. The normalized spacial score (nSPS) is 15.8. The van der Waals surface area contributed by atoms with Crippen LogP contribution in [-0.2, 0) is 4.79 Å². The third-order valence-corrected chi connectivity index (χ3v) is 12.0. The molecule has 2 aromatic heterocycles. The molecule has 1 N–H and O–H groups in total. The first kappa shape index (κ1) is 38.8. The third-order valence-electron chi connectivity index (χ3n) is 12.0. The number of esters is 1. The van der Waals surface area contributed by atoms with E-state index >= 15 is 0 Å². The predicted molar refractivity (Wildman–Crippen MR) is 239 cm³/mol. The molecule has 0 aliphatic carbocycles. The highest BCUT2D eigenvalue weighted by atomic mass is 16.5. The Bertz CT molecular complexity index is 2720. The molecule has 0 radical (unpaired) electrons. The maximum atomic E-state index is 13.8. The van der Waals surface area contributed by atoms with Crippen LogP contribution in [0.15, 0.2) is 97.3 Å². The van der Waals surface area contributed by atoms with E-state index in [2.05, 4.69) is 45.0 Å². The number of phenolic OH excluding ortho intramolecular Hbond substituents is 1. The molecule has 4 heterocycles. The number of piperazine rings is 1. The quantitative estimate of drug-likeness (QED) is 0.117. The van der Waals surface area contributed by atoms with E-state index in [0.29, 0.717) is 18.0 Å². The molecule has 60 heavy (non-hydrogen) atoms. The Morgan fingerprint density at radius 2 is 1.18 bits per heavy atom. The summed E-state index contributed by atoms with van der Waals surface area (Å²) in [5.74, 6) is 2.89. The van der Waals surface area contributed by atoms with Gasteiger partial charge in [-0.15, -0.1) is 0 Å². The van der Waals surface area contributed by atoms with Crippen LogP contribution >= 0.6 is 0 Å². The Balaban J connectivity index is 0.876. The van der Waals surface area contributed by atoms with Crippen molar-refractivity contribution in [2.75, 3.05) is 61.1 Å². The number of carbonyl (C=O) groups is 1. The van der Waals surface area contributed by atoms with Gasteiger partial charge in [0.05, 0.1) is 53.2 Å². The van der Waals surface area contributed by atoms with Crippen molar-refractivity contribution in [1.82, 2.24) is 19.9 Å². The summed E-state index contributed by atoms with van der Waals surface area (Å²) in [4.78, 5) is 40.1. The number of aromatic nitrogens is 4. The number of phenols is 1. The number of methoxy groups -OCH3 is 1. The summed E-state index contributed by atoms with van der Waals surface area (Å²) in [5.41, 5.74) is 11.9. The number of hydrogen-bond donors (Lipinski definition) is 1. The van der Waals surface area contributed by atoms with Gasteiger partial charge in [0.15, 0.2) is 0 Å². The second-order valence-electron chi connectivity index (χ2n) is 16.1.